The molecule has 10 heavy (non-hydrogen) atoms. The lowest BCUT2D eigenvalue weighted by Gasteiger charge is -2.18. The summed E-state index contributed by atoms with van der Waals surface area (Å²) in [6, 6.07) is 0. The van der Waals surface area contributed by atoms with E-state index in [1.807, 2.05) is 0 Å². The molecule has 0 unspecified atom stereocenters. The minimum atomic E-state index is -0.254. The lowest BCUT2D eigenvalue weighted by molar-refractivity contribution is 0.0602. The van der Waals surface area contributed by atoms with Gasteiger partial charge in [0.05, 0.1) is 12.2 Å². The van der Waals surface area contributed by atoms with Gasteiger partial charge in [0.1, 0.15) is 0 Å². The zero-order valence-corrected chi connectivity index (χ0v) is 6.29. The largest absolute Gasteiger partial charge is 0.393 e. The fourth-order valence-electron chi connectivity index (χ4n) is 1.49. The summed E-state index contributed by atoms with van der Waals surface area (Å²) < 4.78 is 0. The predicted octanol–water partition coefficient (Wildman–Crippen LogP) is 1.06. The molecule has 60 valence electrons. The van der Waals surface area contributed by atoms with E-state index in [-0.39, 0.29) is 12.2 Å². The normalized spacial score (nSPS) is 36.6. The first-order valence-electron chi connectivity index (χ1n) is 4.15. The van der Waals surface area contributed by atoms with Crippen LogP contribution in [0.25, 0.3) is 0 Å². The van der Waals surface area contributed by atoms with Crippen molar-refractivity contribution in [1.82, 2.24) is 0 Å². The second-order valence-corrected chi connectivity index (χ2v) is 3.18. The first-order valence-corrected chi connectivity index (χ1v) is 4.15. The van der Waals surface area contributed by atoms with E-state index < -0.39 is 0 Å². The molecule has 0 amide bonds. The summed E-state index contributed by atoms with van der Waals surface area (Å²) >= 11 is 0. The molecule has 1 rings (SSSR count). The van der Waals surface area contributed by atoms with Gasteiger partial charge in [-0.25, -0.2) is 0 Å². The maximum Gasteiger partial charge on any atom is 0.0564 e. The van der Waals surface area contributed by atoms with Crippen LogP contribution in [0.4, 0.5) is 0 Å². The third kappa shape index (κ3) is 2.67. The van der Waals surface area contributed by atoms with Crippen LogP contribution in [0.1, 0.15) is 38.5 Å². The molecule has 0 saturated heterocycles. The van der Waals surface area contributed by atoms with E-state index in [4.69, 9.17) is 0 Å². The van der Waals surface area contributed by atoms with Gasteiger partial charge < -0.3 is 10.2 Å². The Hall–Kier alpha value is -0.0800. The molecule has 0 bridgehead atoms. The first kappa shape index (κ1) is 8.02. The van der Waals surface area contributed by atoms with Crippen molar-refractivity contribution in [3.63, 3.8) is 0 Å². The van der Waals surface area contributed by atoms with Crippen LogP contribution in [0.2, 0.25) is 0 Å². The van der Waals surface area contributed by atoms with Crippen molar-refractivity contribution in [2.75, 3.05) is 0 Å². The number of aliphatic hydroxyl groups is 2. The van der Waals surface area contributed by atoms with E-state index >= 15 is 0 Å². The highest BCUT2D eigenvalue weighted by atomic mass is 16.3. The van der Waals surface area contributed by atoms with E-state index in [9.17, 15) is 10.2 Å². The molecule has 0 aromatic rings. The topological polar surface area (TPSA) is 40.5 Å². The SMILES string of the molecule is O[C@@H]1CCCCC[C@H](O)C1. The minimum Gasteiger partial charge on any atom is -0.393 e. The van der Waals surface area contributed by atoms with Crippen molar-refractivity contribution >= 4 is 0 Å². The van der Waals surface area contributed by atoms with Gasteiger partial charge in [-0.3, -0.25) is 0 Å². The minimum absolute atomic E-state index is 0.254. The van der Waals surface area contributed by atoms with Crippen LogP contribution in [0, 0.1) is 0 Å². The lowest BCUT2D eigenvalue weighted by atomic mass is 9.97. The molecule has 0 spiro atoms. The average Bonchev–Trinajstić information content (AvgIpc) is 1.83. The second kappa shape index (κ2) is 3.94. The quantitative estimate of drug-likeness (QED) is 0.533. The molecule has 0 aliphatic heterocycles. The van der Waals surface area contributed by atoms with Crippen molar-refractivity contribution in [2.24, 2.45) is 0 Å². The van der Waals surface area contributed by atoms with Crippen LogP contribution < -0.4 is 0 Å². The monoisotopic (exact) mass is 144 g/mol. The van der Waals surface area contributed by atoms with E-state index in [1.54, 1.807) is 0 Å². The standard InChI is InChI=1S/C8H16O2/c9-7-4-2-1-3-5-8(10)6-7/h7-10H,1-6H2/t7-,8+. The van der Waals surface area contributed by atoms with Gasteiger partial charge in [0.2, 0.25) is 0 Å². The molecule has 1 saturated carbocycles. The van der Waals surface area contributed by atoms with Gasteiger partial charge >= 0.3 is 0 Å². The van der Waals surface area contributed by atoms with Crippen molar-refractivity contribution in [3.8, 4) is 0 Å². The fraction of sp³-hybridized carbons (Fsp3) is 1.00. The second-order valence-electron chi connectivity index (χ2n) is 3.18. The summed E-state index contributed by atoms with van der Waals surface area (Å²) in [6.07, 6.45) is 5.22. The van der Waals surface area contributed by atoms with Gasteiger partial charge in [-0.15, -0.1) is 0 Å². The Balaban J connectivity index is 2.25. The van der Waals surface area contributed by atoms with Crippen LogP contribution in [0.5, 0.6) is 0 Å². The summed E-state index contributed by atoms with van der Waals surface area (Å²) in [5.74, 6) is 0. The maximum absolute atomic E-state index is 9.22. The van der Waals surface area contributed by atoms with Crippen LogP contribution >= 0.6 is 0 Å². The molecule has 0 aromatic carbocycles. The molecule has 0 radical (unpaired) electrons. The highest BCUT2D eigenvalue weighted by molar-refractivity contribution is 4.67. The zero-order chi connectivity index (χ0) is 7.40. The molecular formula is C8H16O2. The molecule has 2 N–H and O–H groups in total. The Morgan fingerprint density at radius 2 is 1.30 bits per heavy atom. The number of hydrogen-bond acceptors (Lipinski definition) is 2. The van der Waals surface area contributed by atoms with Crippen LogP contribution in [-0.2, 0) is 0 Å². The average molecular weight is 144 g/mol. The highest BCUT2D eigenvalue weighted by Crippen LogP contribution is 2.17. The van der Waals surface area contributed by atoms with Crippen molar-refractivity contribution in [3.05, 3.63) is 0 Å². The fourth-order valence-corrected chi connectivity index (χ4v) is 1.49. The van der Waals surface area contributed by atoms with Gasteiger partial charge in [0.15, 0.2) is 0 Å². The molecule has 2 atom stereocenters. The third-order valence-corrected chi connectivity index (χ3v) is 2.12. The summed E-state index contributed by atoms with van der Waals surface area (Å²) in [7, 11) is 0. The zero-order valence-electron chi connectivity index (χ0n) is 6.29. The summed E-state index contributed by atoms with van der Waals surface area (Å²) in [5.41, 5.74) is 0. The molecule has 0 aromatic heterocycles. The van der Waals surface area contributed by atoms with Crippen LogP contribution in [-0.4, -0.2) is 22.4 Å². The molecule has 2 heteroatoms. The molecule has 1 aliphatic rings. The number of hydrogen-bond donors (Lipinski definition) is 2. The van der Waals surface area contributed by atoms with E-state index in [1.165, 1.54) is 0 Å². The summed E-state index contributed by atoms with van der Waals surface area (Å²) in [6.45, 7) is 0. The van der Waals surface area contributed by atoms with Gasteiger partial charge in [-0.1, -0.05) is 19.3 Å². The van der Waals surface area contributed by atoms with E-state index in [0.717, 1.165) is 32.1 Å². The van der Waals surface area contributed by atoms with Crippen molar-refractivity contribution < 1.29 is 10.2 Å². The molecular weight excluding hydrogens is 128 g/mol. The van der Waals surface area contributed by atoms with Gasteiger partial charge in [0, 0.05) is 0 Å². The first-order chi connectivity index (χ1) is 4.79. The maximum atomic E-state index is 9.22. The van der Waals surface area contributed by atoms with E-state index in [0.29, 0.717) is 6.42 Å². The molecule has 1 fully saturated rings. The lowest BCUT2D eigenvalue weighted by Crippen LogP contribution is -2.19. The van der Waals surface area contributed by atoms with Crippen molar-refractivity contribution in [1.29, 1.82) is 0 Å². The number of rotatable bonds is 0. The molecule has 0 heterocycles. The Kier molecular flexibility index (Phi) is 3.16. The summed E-state index contributed by atoms with van der Waals surface area (Å²) in [5, 5.41) is 18.4. The smallest absolute Gasteiger partial charge is 0.0564 e. The van der Waals surface area contributed by atoms with Gasteiger partial charge in [-0.2, -0.15) is 0 Å². The highest BCUT2D eigenvalue weighted by Gasteiger charge is 2.13. The molecule has 2 nitrogen and oxygen atoms in total. The number of aliphatic hydroxyl groups excluding tert-OH is 2. The Bertz CT molecular complexity index is 83.3. The van der Waals surface area contributed by atoms with Crippen molar-refractivity contribution in [2.45, 2.75) is 50.7 Å². The van der Waals surface area contributed by atoms with Crippen LogP contribution in [0.3, 0.4) is 0 Å². The van der Waals surface area contributed by atoms with Crippen LogP contribution in [0.15, 0.2) is 0 Å². The van der Waals surface area contributed by atoms with Gasteiger partial charge in [-0.05, 0) is 19.3 Å². The summed E-state index contributed by atoms with van der Waals surface area (Å²) in [4.78, 5) is 0. The Labute approximate surface area is 61.9 Å². The Morgan fingerprint density at radius 1 is 0.800 bits per heavy atom. The third-order valence-electron chi connectivity index (χ3n) is 2.12. The Morgan fingerprint density at radius 3 is 1.80 bits per heavy atom. The predicted molar refractivity (Wildman–Crippen MR) is 39.7 cm³/mol. The van der Waals surface area contributed by atoms with E-state index in [2.05, 4.69) is 0 Å². The van der Waals surface area contributed by atoms with Gasteiger partial charge in [0.25, 0.3) is 0 Å². The molecule has 1 aliphatic carbocycles.